The molecule has 4 nitrogen and oxygen atoms in total. The number of pyridine rings is 1. The maximum absolute atomic E-state index is 5.95. The summed E-state index contributed by atoms with van der Waals surface area (Å²) in [4.78, 5) is 12.7. The molecule has 0 bridgehead atoms. The molecule has 0 atom stereocenters. The Bertz CT molecular complexity index is 761. The fourth-order valence-corrected chi connectivity index (χ4v) is 2.39. The molecule has 0 spiro atoms. The van der Waals surface area contributed by atoms with Crippen molar-refractivity contribution >= 4 is 34.3 Å². The third kappa shape index (κ3) is 2.69. The molecule has 1 aromatic carbocycles. The first-order valence-corrected chi connectivity index (χ1v) is 7.47. The zero-order valence-corrected chi connectivity index (χ0v) is 12.1. The van der Waals surface area contributed by atoms with Crippen LogP contribution in [0.4, 0.5) is 0 Å². The van der Waals surface area contributed by atoms with Gasteiger partial charge in [0.1, 0.15) is 10.7 Å². The Kier molecular flexibility index (Phi) is 3.71. The van der Waals surface area contributed by atoms with Crippen LogP contribution in [0.3, 0.4) is 0 Å². The molecule has 100 valence electrons. The van der Waals surface area contributed by atoms with E-state index in [4.69, 9.17) is 16.3 Å². The van der Waals surface area contributed by atoms with E-state index < -0.39 is 0 Å². The number of hydrogen-bond donors (Lipinski definition) is 0. The Hall–Kier alpha value is -1.85. The lowest BCUT2D eigenvalue weighted by Gasteiger charge is -2.08. The maximum atomic E-state index is 5.95. The highest BCUT2D eigenvalue weighted by molar-refractivity contribution is 7.98. The summed E-state index contributed by atoms with van der Waals surface area (Å²) < 4.78 is 5.80. The Balaban J connectivity index is 2.03. The smallest absolute Gasteiger partial charge is 0.224 e. The molecule has 3 rings (SSSR count). The lowest BCUT2D eigenvalue weighted by Crippen LogP contribution is -1.93. The van der Waals surface area contributed by atoms with Crippen molar-refractivity contribution in [1.82, 2.24) is 15.0 Å². The van der Waals surface area contributed by atoms with Crippen LogP contribution in [0.2, 0.25) is 5.15 Å². The van der Waals surface area contributed by atoms with Gasteiger partial charge in [-0.1, -0.05) is 41.6 Å². The van der Waals surface area contributed by atoms with E-state index in [-0.39, 0.29) is 0 Å². The Morgan fingerprint density at radius 1 is 1.15 bits per heavy atom. The quantitative estimate of drug-likeness (QED) is 0.412. The average molecular weight is 304 g/mol. The zero-order valence-electron chi connectivity index (χ0n) is 10.6. The Morgan fingerprint density at radius 2 is 2.00 bits per heavy atom. The van der Waals surface area contributed by atoms with Crippen LogP contribution in [-0.4, -0.2) is 21.2 Å². The lowest BCUT2D eigenvalue weighted by atomic mass is 10.2. The largest absolute Gasteiger partial charge is 0.437 e. The first kappa shape index (κ1) is 13.1. The second-order valence-corrected chi connectivity index (χ2v) is 5.11. The average Bonchev–Trinajstić information content (AvgIpc) is 2.47. The highest BCUT2D eigenvalue weighted by atomic mass is 35.5. The van der Waals surface area contributed by atoms with E-state index in [1.807, 2.05) is 36.6 Å². The molecule has 0 aliphatic heterocycles. The minimum Gasteiger partial charge on any atom is -0.437 e. The van der Waals surface area contributed by atoms with Gasteiger partial charge in [-0.2, -0.15) is 4.98 Å². The SMILES string of the molecule is CSc1nc(Cl)cc(Oc2cccc3cccnc23)n1. The maximum Gasteiger partial charge on any atom is 0.224 e. The van der Waals surface area contributed by atoms with Crippen LogP contribution in [0.1, 0.15) is 0 Å². The van der Waals surface area contributed by atoms with Crippen molar-refractivity contribution in [3.63, 3.8) is 0 Å². The summed E-state index contributed by atoms with van der Waals surface area (Å²) in [7, 11) is 0. The summed E-state index contributed by atoms with van der Waals surface area (Å²) in [6.07, 6.45) is 3.62. The lowest BCUT2D eigenvalue weighted by molar-refractivity contribution is 0.459. The van der Waals surface area contributed by atoms with Crippen LogP contribution >= 0.6 is 23.4 Å². The van der Waals surface area contributed by atoms with Crippen LogP contribution in [0.15, 0.2) is 47.8 Å². The highest BCUT2D eigenvalue weighted by Crippen LogP contribution is 2.29. The van der Waals surface area contributed by atoms with Crippen molar-refractivity contribution in [2.75, 3.05) is 6.26 Å². The predicted molar refractivity (Wildman–Crippen MR) is 80.6 cm³/mol. The molecule has 0 amide bonds. The molecule has 6 heteroatoms. The molecule has 0 aliphatic carbocycles. The van der Waals surface area contributed by atoms with Crippen LogP contribution < -0.4 is 4.74 Å². The van der Waals surface area contributed by atoms with Gasteiger partial charge in [0.05, 0.1) is 0 Å². The molecule has 0 N–H and O–H groups in total. The number of nitrogens with zero attached hydrogens (tertiary/aromatic N) is 3. The zero-order chi connectivity index (χ0) is 13.9. The molecule has 0 aliphatic rings. The van der Waals surface area contributed by atoms with Crippen molar-refractivity contribution in [2.24, 2.45) is 0 Å². The molecule has 3 aromatic rings. The number of aromatic nitrogens is 3. The number of thioether (sulfide) groups is 1. The van der Waals surface area contributed by atoms with Gasteiger partial charge in [0.2, 0.25) is 5.88 Å². The van der Waals surface area contributed by atoms with Crippen molar-refractivity contribution in [2.45, 2.75) is 5.16 Å². The molecular weight excluding hydrogens is 294 g/mol. The number of benzene rings is 1. The third-order valence-electron chi connectivity index (χ3n) is 2.64. The van der Waals surface area contributed by atoms with Gasteiger partial charge < -0.3 is 4.74 Å². The molecule has 0 saturated carbocycles. The first-order valence-electron chi connectivity index (χ1n) is 5.86. The molecule has 0 radical (unpaired) electrons. The van der Waals surface area contributed by atoms with E-state index in [0.717, 1.165) is 10.9 Å². The minimum atomic E-state index is 0.354. The number of halogens is 1. The number of para-hydroxylation sites is 1. The van der Waals surface area contributed by atoms with E-state index in [9.17, 15) is 0 Å². The topological polar surface area (TPSA) is 47.9 Å². The summed E-state index contributed by atoms with van der Waals surface area (Å²) in [6, 6.07) is 11.2. The molecule has 20 heavy (non-hydrogen) atoms. The number of rotatable bonds is 3. The molecule has 0 fully saturated rings. The van der Waals surface area contributed by atoms with E-state index in [2.05, 4.69) is 15.0 Å². The first-order chi connectivity index (χ1) is 9.76. The summed E-state index contributed by atoms with van der Waals surface area (Å²) in [5.74, 6) is 1.05. The van der Waals surface area contributed by atoms with Gasteiger partial charge in [0.15, 0.2) is 10.9 Å². The summed E-state index contributed by atoms with van der Waals surface area (Å²) in [5, 5.41) is 1.93. The monoisotopic (exact) mass is 303 g/mol. The molecule has 2 aromatic heterocycles. The van der Waals surface area contributed by atoms with Crippen molar-refractivity contribution < 1.29 is 4.74 Å². The van der Waals surface area contributed by atoms with E-state index in [1.165, 1.54) is 11.8 Å². The molecular formula is C14H10ClN3OS. The van der Waals surface area contributed by atoms with E-state index in [0.29, 0.717) is 21.9 Å². The number of fused-ring (bicyclic) bond motifs is 1. The van der Waals surface area contributed by atoms with E-state index in [1.54, 1.807) is 12.3 Å². The fraction of sp³-hybridized carbons (Fsp3) is 0.0714. The van der Waals surface area contributed by atoms with Gasteiger partial charge in [-0.05, 0) is 18.4 Å². The predicted octanol–water partition coefficient (Wildman–Crippen LogP) is 4.19. The minimum absolute atomic E-state index is 0.354. The fourth-order valence-electron chi connectivity index (χ4n) is 1.79. The van der Waals surface area contributed by atoms with Gasteiger partial charge in [-0.25, -0.2) is 4.98 Å². The summed E-state index contributed by atoms with van der Waals surface area (Å²) in [6.45, 7) is 0. The van der Waals surface area contributed by atoms with Crippen LogP contribution in [0, 0.1) is 0 Å². The van der Waals surface area contributed by atoms with Gasteiger partial charge in [-0.3, -0.25) is 4.98 Å². The van der Waals surface area contributed by atoms with Crippen LogP contribution in [-0.2, 0) is 0 Å². The van der Waals surface area contributed by atoms with Gasteiger partial charge in [0.25, 0.3) is 0 Å². The molecule has 0 unspecified atom stereocenters. The standard InChI is InChI=1S/C14H10ClN3OS/c1-20-14-17-11(15)8-12(18-14)19-10-6-2-4-9-5-3-7-16-13(9)10/h2-8H,1H3. The molecule has 2 heterocycles. The normalized spacial score (nSPS) is 10.7. The summed E-state index contributed by atoms with van der Waals surface area (Å²) >= 11 is 7.36. The second kappa shape index (κ2) is 5.64. The van der Waals surface area contributed by atoms with Gasteiger partial charge >= 0.3 is 0 Å². The third-order valence-corrected chi connectivity index (χ3v) is 3.39. The van der Waals surface area contributed by atoms with Gasteiger partial charge in [-0.15, -0.1) is 0 Å². The van der Waals surface area contributed by atoms with Crippen LogP contribution in [0.25, 0.3) is 10.9 Å². The van der Waals surface area contributed by atoms with Crippen LogP contribution in [0.5, 0.6) is 11.6 Å². The van der Waals surface area contributed by atoms with Crippen molar-refractivity contribution in [3.8, 4) is 11.6 Å². The molecule has 0 saturated heterocycles. The Morgan fingerprint density at radius 3 is 2.85 bits per heavy atom. The Labute approximate surface area is 125 Å². The van der Waals surface area contributed by atoms with Gasteiger partial charge in [0, 0.05) is 17.6 Å². The van der Waals surface area contributed by atoms with Crippen molar-refractivity contribution in [3.05, 3.63) is 47.7 Å². The second-order valence-electron chi connectivity index (χ2n) is 3.95. The van der Waals surface area contributed by atoms with Crippen molar-refractivity contribution in [1.29, 1.82) is 0 Å². The highest BCUT2D eigenvalue weighted by Gasteiger charge is 2.08. The van der Waals surface area contributed by atoms with E-state index >= 15 is 0 Å². The summed E-state index contributed by atoms with van der Waals surface area (Å²) in [5.41, 5.74) is 0.787. The number of hydrogen-bond acceptors (Lipinski definition) is 5. The number of ether oxygens (including phenoxy) is 1.